The third kappa shape index (κ3) is 4.80. The van der Waals surface area contributed by atoms with Gasteiger partial charge >= 0.3 is 12.5 Å². The van der Waals surface area contributed by atoms with Gasteiger partial charge in [0, 0.05) is 17.2 Å². The predicted molar refractivity (Wildman–Crippen MR) is 111 cm³/mol. The monoisotopic (exact) mass is 484 g/mol. The largest absolute Gasteiger partial charge is 0.573 e. The van der Waals surface area contributed by atoms with Crippen LogP contribution in [0.3, 0.4) is 0 Å². The Morgan fingerprint density at radius 2 is 1.76 bits per heavy atom. The number of amides is 1. The molecule has 3 N–H and O–H groups in total. The number of benzene rings is 2. The number of rotatable bonds is 5. The maximum Gasteiger partial charge on any atom is 0.573 e. The lowest BCUT2D eigenvalue weighted by Crippen LogP contribution is -2.46. The lowest BCUT2D eigenvalue weighted by atomic mass is 9.93. The lowest BCUT2D eigenvalue weighted by Gasteiger charge is -2.22. The van der Waals surface area contributed by atoms with Crippen LogP contribution >= 0.6 is 0 Å². The van der Waals surface area contributed by atoms with Crippen LogP contribution in [0.1, 0.15) is 42.4 Å². The van der Waals surface area contributed by atoms with E-state index in [0.717, 1.165) is 24.3 Å². The summed E-state index contributed by atoms with van der Waals surface area (Å²) < 4.78 is 80.3. The van der Waals surface area contributed by atoms with Crippen LogP contribution in [-0.2, 0) is 11.0 Å². The average molecular weight is 484 g/mol. The van der Waals surface area contributed by atoms with Crippen molar-refractivity contribution < 1.29 is 35.9 Å². The molecule has 34 heavy (non-hydrogen) atoms. The number of carbonyl (C=O) groups is 1. The maximum absolute atomic E-state index is 13.2. The van der Waals surface area contributed by atoms with Crippen molar-refractivity contribution in [2.24, 2.45) is 4.99 Å². The highest BCUT2D eigenvalue weighted by molar-refractivity contribution is 6.43. The predicted octanol–water partition coefficient (Wildman–Crippen LogP) is 5.31. The highest BCUT2D eigenvalue weighted by Gasteiger charge is 2.38. The Hall–Kier alpha value is -3.70. The number of halogens is 6. The van der Waals surface area contributed by atoms with Gasteiger partial charge in [-0.1, -0.05) is 19.4 Å². The number of amidine groups is 1. The summed E-state index contributed by atoms with van der Waals surface area (Å²) >= 11 is 0. The lowest BCUT2D eigenvalue weighted by molar-refractivity contribution is -0.274. The molecule has 0 saturated heterocycles. The fourth-order valence-corrected chi connectivity index (χ4v) is 3.87. The average Bonchev–Trinajstić information content (AvgIpc) is 3.06. The first-order chi connectivity index (χ1) is 16.0. The van der Waals surface area contributed by atoms with Crippen LogP contribution in [0.4, 0.5) is 32.0 Å². The fourth-order valence-electron chi connectivity index (χ4n) is 3.87. The van der Waals surface area contributed by atoms with Crippen molar-refractivity contribution in [3.8, 4) is 5.75 Å². The molecule has 4 rings (SSSR count). The molecule has 2 aromatic rings. The third-order valence-corrected chi connectivity index (χ3v) is 5.29. The molecule has 0 radical (unpaired) electrons. The number of aliphatic imine (C=N–C) groups is 1. The van der Waals surface area contributed by atoms with Crippen molar-refractivity contribution in [2.75, 3.05) is 5.32 Å². The summed E-state index contributed by atoms with van der Waals surface area (Å²) in [5.74, 6) is -1.65. The standard InChI is InChI=1S/C22H18F6N4O2/c1-2-3-14-16-10-11(21(23,24)25)4-9-15(16)17-18(14)31-32-19(30-17)20(33)29-12-5-7-13(8-6-12)34-22(26,27)28/h4-10,14,31H,2-3H2,1H3,(H,29,33)(H,30,32)/t14-/m0/s1. The van der Waals surface area contributed by atoms with Crippen molar-refractivity contribution in [1.82, 2.24) is 10.9 Å². The number of hydrogen-bond donors (Lipinski definition) is 3. The van der Waals surface area contributed by atoms with Gasteiger partial charge in [-0.3, -0.25) is 10.2 Å². The first-order valence-electron chi connectivity index (χ1n) is 10.2. The van der Waals surface area contributed by atoms with Crippen LogP contribution in [0.2, 0.25) is 0 Å². The van der Waals surface area contributed by atoms with Crippen molar-refractivity contribution in [1.29, 1.82) is 0 Å². The van der Waals surface area contributed by atoms with Gasteiger partial charge in [-0.25, -0.2) is 4.99 Å². The van der Waals surface area contributed by atoms with Gasteiger partial charge in [-0.2, -0.15) is 13.2 Å². The SMILES string of the molecule is CCC[C@@H]1C2=C(N=C(C(=O)Nc3ccc(OC(F)(F)F)cc3)NN2)c2ccc(C(F)(F)F)cc21. The van der Waals surface area contributed by atoms with Gasteiger partial charge < -0.3 is 15.5 Å². The van der Waals surface area contributed by atoms with Crippen molar-refractivity contribution in [3.63, 3.8) is 0 Å². The van der Waals surface area contributed by atoms with Crippen LogP contribution in [0, 0.1) is 0 Å². The zero-order valence-electron chi connectivity index (χ0n) is 17.6. The Morgan fingerprint density at radius 3 is 2.38 bits per heavy atom. The molecule has 2 aromatic carbocycles. The van der Waals surface area contributed by atoms with Crippen LogP contribution in [0.25, 0.3) is 5.70 Å². The minimum atomic E-state index is -4.84. The summed E-state index contributed by atoms with van der Waals surface area (Å²) in [4.78, 5) is 17.0. The number of hydrazine groups is 1. The van der Waals surface area contributed by atoms with E-state index in [1.165, 1.54) is 18.2 Å². The van der Waals surface area contributed by atoms with E-state index in [4.69, 9.17) is 0 Å². The maximum atomic E-state index is 13.2. The van der Waals surface area contributed by atoms with Crippen LogP contribution in [0.5, 0.6) is 5.75 Å². The molecule has 0 unspecified atom stereocenters. The van der Waals surface area contributed by atoms with E-state index in [-0.39, 0.29) is 17.4 Å². The summed E-state index contributed by atoms with van der Waals surface area (Å²) in [5, 5.41) is 2.49. The van der Waals surface area contributed by atoms with Gasteiger partial charge in [0.2, 0.25) is 5.84 Å². The van der Waals surface area contributed by atoms with E-state index in [2.05, 4.69) is 25.9 Å². The van der Waals surface area contributed by atoms with Gasteiger partial charge in [0.25, 0.3) is 5.91 Å². The van der Waals surface area contributed by atoms with Crippen molar-refractivity contribution in [3.05, 3.63) is 64.9 Å². The number of anilines is 1. The van der Waals surface area contributed by atoms with E-state index >= 15 is 0 Å². The second-order valence-corrected chi connectivity index (χ2v) is 7.64. The smallest absolute Gasteiger partial charge is 0.406 e. The molecule has 0 aromatic heterocycles. The highest BCUT2D eigenvalue weighted by Crippen LogP contribution is 2.46. The van der Waals surface area contributed by atoms with Crippen molar-refractivity contribution >= 4 is 23.1 Å². The molecule has 1 aliphatic carbocycles. The number of alkyl halides is 6. The van der Waals surface area contributed by atoms with Gasteiger partial charge in [0.05, 0.1) is 17.0 Å². The highest BCUT2D eigenvalue weighted by atomic mass is 19.4. The number of hydrogen-bond acceptors (Lipinski definition) is 5. The zero-order chi connectivity index (χ0) is 24.7. The number of nitrogens with one attached hydrogen (secondary N) is 3. The minimum absolute atomic E-state index is 0.155. The quantitative estimate of drug-likeness (QED) is 0.503. The molecular formula is C22H18F6N4O2. The molecule has 0 spiro atoms. The van der Waals surface area contributed by atoms with Crippen LogP contribution in [0.15, 0.2) is 53.2 Å². The fraction of sp³-hybridized carbons (Fsp3) is 0.273. The molecule has 0 saturated carbocycles. The molecule has 1 aliphatic heterocycles. The third-order valence-electron chi connectivity index (χ3n) is 5.29. The number of allylic oxidation sites excluding steroid dienone is 1. The number of ether oxygens (including phenoxy) is 1. The number of fused-ring (bicyclic) bond motifs is 2. The zero-order valence-corrected chi connectivity index (χ0v) is 17.6. The first-order valence-corrected chi connectivity index (χ1v) is 10.2. The number of carbonyl (C=O) groups excluding carboxylic acids is 1. The Labute approximate surface area is 189 Å². The van der Waals surface area contributed by atoms with E-state index in [1.54, 1.807) is 0 Å². The second-order valence-electron chi connectivity index (χ2n) is 7.64. The van der Waals surface area contributed by atoms with E-state index < -0.39 is 29.8 Å². The molecule has 1 amide bonds. The number of nitrogens with zero attached hydrogens (tertiary/aromatic N) is 1. The van der Waals surface area contributed by atoms with Crippen molar-refractivity contribution in [2.45, 2.75) is 38.2 Å². The Morgan fingerprint density at radius 1 is 1.06 bits per heavy atom. The van der Waals surface area contributed by atoms with Gasteiger partial charge in [0.15, 0.2) is 0 Å². The second kappa shape index (κ2) is 8.58. The molecule has 1 heterocycles. The van der Waals surface area contributed by atoms with Gasteiger partial charge in [-0.05, 0) is 48.4 Å². The molecule has 180 valence electrons. The molecular weight excluding hydrogens is 466 g/mol. The van der Waals surface area contributed by atoms with E-state index in [9.17, 15) is 31.1 Å². The topological polar surface area (TPSA) is 74.8 Å². The normalized spacial score (nSPS) is 17.3. The molecule has 12 heteroatoms. The van der Waals surface area contributed by atoms with Crippen LogP contribution < -0.4 is 20.9 Å². The first kappa shape index (κ1) is 23.5. The Balaban J connectivity index is 1.57. The molecule has 0 fully saturated rings. The summed E-state index contributed by atoms with van der Waals surface area (Å²) in [6, 6.07) is 7.95. The molecule has 6 nitrogen and oxygen atoms in total. The summed E-state index contributed by atoms with van der Waals surface area (Å²) in [6.45, 7) is 1.91. The summed E-state index contributed by atoms with van der Waals surface area (Å²) in [6.07, 6.45) is -8.04. The molecule has 1 atom stereocenters. The Kier molecular flexibility index (Phi) is 5.92. The Bertz CT molecular complexity index is 1170. The van der Waals surface area contributed by atoms with E-state index in [1.807, 2.05) is 6.92 Å². The van der Waals surface area contributed by atoms with Crippen LogP contribution in [-0.4, -0.2) is 18.1 Å². The summed E-state index contributed by atoms with van der Waals surface area (Å²) in [7, 11) is 0. The van der Waals surface area contributed by atoms with Gasteiger partial charge in [0.1, 0.15) is 5.75 Å². The minimum Gasteiger partial charge on any atom is -0.406 e. The molecule has 2 aliphatic rings. The van der Waals surface area contributed by atoms with Gasteiger partial charge in [-0.15, -0.1) is 13.2 Å². The summed E-state index contributed by atoms with van der Waals surface area (Å²) in [5.41, 5.74) is 6.87. The van der Waals surface area contributed by atoms with E-state index in [0.29, 0.717) is 35.4 Å². The molecule has 0 bridgehead atoms.